The van der Waals surface area contributed by atoms with Gasteiger partial charge >= 0.3 is 5.97 Å². The molecule has 0 aromatic rings. The van der Waals surface area contributed by atoms with Crippen LogP contribution in [0.2, 0.25) is 0 Å². The fourth-order valence-electron chi connectivity index (χ4n) is 0.367. The fourth-order valence-corrected chi connectivity index (χ4v) is 0.479. The molecule has 0 rings (SSSR count). The van der Waals surface area contributed by atoms with Crippen LogP contribution in [0.25, 0.3) is 0 Å². The Hall–Kier alpha value is -0.750. The highest BCUT2D eigenvalue weighted by Gasteiger charge is 2.11. The first-order valence-corrected chi connectivity index (χ1v) is 3.57. The molecular formula is C5H10N2O3S. The number of carboxylic acids is 1. The van der Waals surface area contributed by atoms with Gasteiger partial charge in [0.05, 0.1) is 5.75 Å². The molecule has 0 heterocycles. The van der Waals surface area contributed by atoms with Gasteiger partial charge in [0.1, 0.15) is 6.04 Å². The quantitative estimate of drug-likeness (QED) is 0.392. The van der Waals surface area contributed by atoms with E-state index in [9.17, 15) is 9.59 Å². The van der Waals surface area contributed by atoms with Gasteiger partial charge in [-0.3, -0.25) is 9.59 Å². The normalized spacial score (nSPS) is 12.2. The van der Waals surface area contributed by atoms with Crippen molar-refractivity contribution in [2.75, 3.05) is 12.3 Å². The average molecular weight is 178 g/mol. The van der Waals surface area contributed by atoms with Gasteiger partial charge in [-0.05, 0) is 0 Å². The lowest BCUT2D eigenvalue weighted by atomic mass is 10.3. The van der Waals surface area contributed by atoms with E-state index < -0.39 is 12.0 Å². The predicted molar refractivity (Wildman–Crippen MR) is 42.5 cm³/mol. The zero-order chi connectivity index (χ0) is 8.85. The monoisotopic (exact) mass is 178 g/mol. The number of thiol groups is 1. The van der Waals surface area contributed by atoms with E-state index in [1.807, 2.05) is 0 Å². The van der Waals surface area contributed by atoms with Crippen LogP contribution in [-0.2, 0) is 9.59 Å². The number of hydrogen-bond donors (Lipinski definition) is 4. The minimum atomic E-state index is -1.13. The minimum Gasteiger partial charge on any atom is -0.480 e. The molecule has 0 aliphatic heterocycles. The standard InChI is InChI=1S/C5H10N2O3S/c6-3(5(9)10)1-7-4(8)2-11/h3,11H,1-2,6H2,(H,7,8)(H,9,10)/t3-/m0/s1. The average Bonchev–Trinajstić information content (AvgIpc) is 1.99. The van der Waals surface area contributed by atoms with Gasteiger partial charge < -0.3 is 16.2 Å². The number of carbonyl (C=O) groups is 2. The largest absolute Gasteiger partial charge is 0.480 e. The van der Waals surface area contributed by atoms with Gasteiger partial charge in [0, 0.05) is 6.54 Å². The molecule has 0 saturated carbocycles. The van der Waals surface area contributed by atoms with E-state index >= 15 is 0 Å². The number of carbonyl (C=O) groups excluding carboxylic acids is 1. The lowest BCUT2D eigenvalue weighted by molar-refractivity contribution is -0.138. The van der Waals surface area contributed by atoms with Crippen LogP contribution in [0.1, 0.15) is 0 Å². The molecule has 11 heavy (non-hydrogen) atoms. The van der Waals surface area contributed by atoms with Gasteiger partial charge in [0.15, 0.2) is 0 Å². The summed E-state index contributed by atoms with van der Waals surface area (Å²) in [6.07, 6.45) is 0. The predicted octanol–water partition coefficient (Wildman–Crippen LogP) is -1.56. The highest BCUT2D eigenvalue weighted by atomic mass is 32.1. The Morgan fingerprint density at radius 1 is 1.64 bits per heavy atom. The summed E-state index contributed by atoms with van der Waals surface area (Å²) in [4.78, 5) is 20.6. The van der Waals surface area contributed by atoms with Crippen LogP contribution >= 0.6 is 12.6 Å². The van der Waals surface area contributed by atoms with E-state index in [2.05, 4.69) is 17.9 Å². The summed E-state index contributed by atoms with van der Waals surface area (Å²) in [6, 6.07) is -1.04. The van der Waals surface area contributed by atoms with E-state index in [0.717, 1.165) is 0 Å². The zero-order valence-electron chi connectivity index (χ0n) is 5.78. The Balaban J connectivity index is 3.54. The molecule has 5 nitrogen and oxygen atoms in total. The molecule has 0 aliphatic rings. The summed E-state index contributed by atoms with van der Waals surface area (Å²) in [7, 11) is 0. The highest BCUT2D eigenvalue weighted by Crippen LogP contribution is 1.77. The van der Waals surface area contributed by atoms with Gasteiger partial charge in [0.25, 0.3) is 0 Å². The Kier molecular flexibility index (Phi) is 4.64. The SMILES string of the molecule is N[C@@H](CNC(=O)CS)C(=O)O. The molecule has 1 amide bonds. The summed E-state index contributed by atoms with van der Waals surface area (Å²) in [6.45, 7) is -0.0608. The van der Waals surface area contributed by atoms with Crippen LogP contribution in [0.3, 0.4) is 0 Å². The van der Waals surface area contributed by atoms with Crippen molar-refractivity contribution in [3.63, 3.8) is 0 Å². The van der Waals surface area contributed by atoms with Gasteiger partial charge in [-0.1, -0.05) is 0 Å². The van der Waals surface area contributed by atoms with Crippen molar-refractivity contribution in [1.29, 1.82) is 0 Å². The Bertz CT molecular complexity index is 162. The molecule has 0 spiro atoms. The Morgan fingerprint density at radius 3 is 2.55 bits per heavy atom. The first-order valence-electron chi connectivity index (χ1n) is 2.94. The van der Waals surface area contributed by atoms with Crippen molar-refractivity contribution in [1.82, 2.24) is 5.32 Å². The van der Waals surface area contributed by atoms with Crippen LogP contribution in [0.15, 0.2) is 0 Å². The molecule has 64 valence electrons. The molecule has 0 saturated heterocycles. The van der Waals surface area contributed by atoms with Crippen LogP contribution < -0.4 is 11.1 Å². The van der Waals surface area contributed by atoms with Crippen molar-refractivity contribution in [3.05, 3.63) is 0 Å². The van der Waals surface area contributed by atoms with Gasteiger partial charge in [0.2, 0.25) is 5.91 Å². The van der Waals surface area contributed by atoms with Crippen molar-refractivity contribution in [2.24, 2.45) is 5.73 Å². The number of rotatable bonds is 4. The zero-order valence-corrected chi connectivity index (χ0v) is 6.67. The lowest BCUT2D eigenvalue weighted by Gasteiger charge is -2.06. The van der Waals surface area contributed by atoms with Gasteiger partial charge in [-0.2, -0.15) is 12.6 Å². The summed E-state index contributed by atoms with van der Waals surface area (Å²) in [5, 5.41) is 10.6. The maximum Gasteiger partial charge on any atom is 0.322 e. The van der Waals surface area contributed by atoms with Crippen molar-refractivity contribution < 1.29 is 14.7 Å². The smallest absolute Gasteiger partial charge is 0.322 e. The maximum atomic E-state index is 10.5. The van der Waals surface area contributed by atoms with Crippen LogP contribution in [-0.4, -0.2) is 35.3 Å². The van der Waals surface area contributed by atoms with E-state index in [0.29, 0.717) is 0 Å². The third kappa shape index (κ3) is 4.63. The second kappa shape index (κ2) is 4.97. The first-order chi connectivity index (χ1) is 5.07. The lowest BCUT2D eigenvalue weighted by Crippen LogP contribution is -2.42. The number of amides is 1. The Labute approximate surface area is 69.4 Å². The molecule has 0 fully saturated rings. The molecule has 0 aliphatic carbocycles. The molecule has 0 aromatic heterocycles. The fraction of sp³-hybridized carbons (Fsp3) is 0.600. The summed E-state index contributed by atoms with van der Waals surface area (Å²) in [5.74, 6) is -1.43. The molecule has 1 atom stereocenters. The first kappa shape index (κ1) is 10.2. The molecule has 0 unspecified atom stereocenters. The van der Waals surface area contributed by atoms with E-state index in [1.54, 1.807) is 0 Å². The van der Waals surface area contributed by atoms with Crippen LogP contribution in [0.5, 0.6) is 0 Å². The molecule has 0 radical (unpaired) electrons. The van der Waals surface area contributed by atoms with E-state index in [4.69, 9.17) is 10.8 Å². The molecule has 0 bridgehead atoms. The number of aliphatic carboxylic acids is 1. The summed E-state index contributed by atoms with van der Waals surface area (Å²) < 4.78 is 0. The number of nitrogens with one attached hydrogen (secondary N) is 1. The molecule has 6 heteroatoms. The minimum absolute atomic E-state index is 0.0341. The second-order valence-electron chi connectivity index (χ2n) is 1.91. The number of nitrogens with two attached hydrogens (primary N) is 1. The second-order valence-corrected chi connectivity index (χ2v) is 2.22. The van der Waals surface area contributed by atoms with Gasteiger partial charge in [-0.15, -0.1) is 0 Å². The topological polar surface area (TPSA) is 92.4 Å². The van der Waals surface area contributed by atoms with E-state index in [-0.39, 0.29) is 18.2 Å². The third-order valence-electron chi connectivity index (χ3n) is 0.980. The Morgan fingerprint density at radius 2 is 2.18 bits per heavy atom. The van der Waals surface area contributed by atoms with Crippen molar-refractivity contribution in [2.45, 2.75) is 6.04 Å². The van der Waals surface area contributed by atoms with E-state index in [1.165, 1.54) is 0 Å². The van der Waals surface area contributed by atoms with Crippen LogP contribution in [0.4, 0.5) is 0 Å². The number of hydrogen-bond acceptors (Lipinski definition) is 4. The highest BCUT2D eigenvalue weighted by molar-refractivity contribution is 7.81. The van der Waals surface area contributed by atoms with Crippen molar-refractivity contribution >= 4 is 24.5 Å². The molecule has 4 N–H and O–H groups in total. The molecular weight excluding hydrogens is 168 g/mol. The van der Waals surface area contributed by atoms with Gasteiger partial charge in [-0.25, -0.2) is 0 Å². The van der Waals surface area contributed by atoms with Crippen LogP contribution in [0, 0.1) is 0 Å². The van der Waals surface area contributed by atoms with Crippen molar-refractivity contribution in [3.8, 4) is 0 Å². The maximum absolute atomic E-state index is 10.5. The number of carboxylic acid groups (broad SMARTS) is 1. The third-order valence-corrected chi connectivity index (χ3v) is 1.27. The summed E-state index contributed by atoms with van der Waals surface area (Å²) in [5.41, 5.74) is 5.08. The summed E-state index contributed by atoms with van der Waals surface area (Å²) >= 11 is 3.67. The molecule has 0 aromatic carbocycles.